The van der Waals surface area contributed by atoms with Crippen LogP contribution in [0.2, 0.25) is 0 Å². The highest BCUT2D eigenvalue weighted by Crippen LogP contribution is 2.30. The number of ether oxygens (including phenoxy) is 5. The zero-order valence-electron chi connectivity index (χ0n) is 26.9. The predicted octanol–water partition coefficient (Wildman–Crippen LogP) is 7.16. The average molecular weight is 648 g/mol. The van der Waals surface area contributed by atoms with Gasteiger partial charge in [-0.3, -0.25) is 9.59 Å². The van der Waals surface area contributed by atoms with Crippen molar-refractivity contribution in [1.82, 2.24) is 0 Å². The highest BCUT2D eigenvalue weighted by Gasteiger charge is 2.30. The molecule has 1 N–H and O–H groups in total. The summed E-state index contributed by atoms with van der Waals surface area (Å²) in [5.41, 5.74) is 0.550. The molecule has 2 aliphatic rings. The predicted molar refractivity (Wildman–Crippen MR) is 175 cm³/mol. The van der Waals surface area contributed by atoms with E-state index in [0.29, 0.717) is 61.7 Å². The monoisotopic (exact) mass is 647 g/mol. The van der Waals surface area contributed by atoms with E-state index < -0.39 is 11.9 Å². The Kier molecular flexibility index (Phi) is 14.0. The van der Waals surface area contributed by atoms with Crippen LogP contribution in [0.3, 0.4) is 0 Å². The lowest BCUT2D eigenvalue weighted by Gasteiger charge is -2.27. The standard InChI is InChI=1S/C37H45NO9/c1-2-34(39)44-23-9-4-3-8-22-43-29-16-18-31(19-17-29)45-36(41)27-12-14-30(15-13-27)46-37(42)33-21-20-32(24-28(33)25-38)47-35(40)26-10-6-5-7-11-26/h2,16-21,24-27,30,38H,1,3-15,22-23H2/t27-,30-. The first-order chi connectivity index (χ1) is 22.9. The van der Waals surface area contributed by atoms with E-state index in [2.05, 4.69) is 6.58 Å². The highest BCUT2D eigenvalue weighted by atomic mass is 16.6. The number of hydrogen-bond acceptors (Lipinski definition) is 10. The summed E-state index contributed by atoms with van der Waals surface area (Å²) in [5, 5.41) is 7.78. The topological polar surface area (TPSA) is 138 Å². The zero-order valence-corrected chi connectivity index (χ0v) is 26.9. The van der Waals surface area contributed by atoms with Crippen molar-refractivity contribution in [3.8, 4) is 17.2 Å². The molecule has 0 radical (unpaired) electrons. The molecule has 2 fully saturated rings. The van der Waals surface area contributed by atoms with Crippen LogP contribution in [-0.4, -0.2) is 49.4 Å². The van der Waals surface area contributed by atoms with Crippen LogP contribution in [0.1, 0.15) is 99.4 Å². The van der Waals surface area contributed by atoms with Gasteiger partial charge in [0.05, 0.1) is 30.6 Å². The minimum atomic E-state index is -0.548. The third-order valence-electron chi connectivity index (χ3n) is 8.60. The first-order valence-electron chi connectivity index (χ1n) is 16.7. The molecule has 2 aromatic rings. The maximum Gasteiger partial charge on any atom is 0.339 e. The third-order valence-corrected chi connectivity index (χ3v) is 8.60. The third kappa shape index (κ3) is 11.4. The van der Waals surface area contributed by atoms with Crippen LogP contribution in [-0.2, 0) is 23.9 Å². The summed E-state index contributed by atoms with van der Waals surface area (Å²) in [7, 11) is 0. The molecule has 252 valence electrons. The summed E-state index contributed by atoms with van der Waals surface area (Å²) in [6.45, 7) is 4.32. The van der Waals surface area contributed by atoms with E-state index in [4.69, 9.17) is 29.1 Å². The molecule has 47 heavy (non-hydrogen) atoms. The van der Waals surface area contributed by atoms with E-state index >= 15 is 0 Å². The lowest BCUT2D eigenvalue weighted by atomic mass is 9.87. The lowest BCUT2D eigenvalue weighted by molar-refractivity contribution is -0.141. The second kappa shape index (κ2) is 18.6. The second-order valence-electron chi connectivity index (χ2n) is 12.1. The van der Waals surface area contributed by atoms with Crippen molar-refractivity contribution < 1.29 is 42.9 Å². The van der Waals surface area contributed by atoms with Crippen molar-refractivity contribution in [3.05, 3.63) is 66.2 Å². The molecule has 0 amide bonds. The number of carbonyl (C=O) groups excluding carboxylic acids is 4. The number of hydrogen-bond donors (Lipinski definition) is 1. The van der Waals surface area contributed by atoms with Crippen LogP contribution in [0.5, 0.6) is 17.2 Å². The smallest absolute Gasteiger partial charge is 0.339 e. The Morgan fingerprint density at radius 1 is 0.723 bits per heavy atom. The zero-order chi connectivity index (χ0) is 33.4. The first kappa shape index (κ1) is 35.4. The first-order valence-corrected chi connectivity index (χ1v) is 16.7. The van der Waals surface area contributed by atoms with Crippen molar-refractivity contribution in [2.45, 2.75) is 89.6 Å². The van der Waals surface area contributed by atoms with Crippen LogP contribution in [0.4, 0.5) is 0 Å². The second-order valence-corrected chi connectivity index (χ2v) is 12.1. The summed E-state index contributed by atoms with van der Waals surface area (Å²) in [6.07, 6.45) is 12.4. The van der Waals surface area contributed by atoms with Crippen molar-refractivity contribution in [2.75, 3.05) is 13.2 Å². The van der Waals surface area contributed by atoms with Gasteiger partial charge in [-0.1, -0.05) is 25.8 Å². The van der Waals surface area contributed by atoms with Gasteiger partial charge in [0.15, 0.2) is 0 Å². The van der Waals surface area contributed by atoms with E-state index in [1.54, 1.807) is 30.3 Å². The molecular weight excluding hydrogens is 602 g/mol. The fraction of sp³-hybridized carbons (Fsp3) is 0.486. The van der Waals surface area contributed by atoms with Gasteiger partial charge in [0.25, 0.3) is 0 Å². The SMILES string of the molecule is C=CC(=O)OCCCCCCOc1ccc(OC(=O)[C@H]2CC[C@H](OC(=O)c3ccc(OC(=O)C4CCCCC4)cc3C=N)CC2)cc1. The molecular formula is C37H45NO9. The summed E-state index contributed by atoms with van der Waals surface area (Å²) in [6, 6.07) is 11.6. The Hall–Kier alpha value is -4.47. The van der Waals surface area contributed by atoms with E-state index in [-0.39, 0.29) is 35.4 Å². The highest BCUT2D eigenvalue weighted by molar-refractivity contribution is 5.99. The van der Waals surface area contributed by atoms with Crippen molar-refractivity contribution in [2.24, 2.45) is 11.8 Å². The normalized spacial score (nSPS) is 18.0. The maximum atomic E-state index is 13.0. The maximum absolute atomic E-state index is 13.0. The number of nitrogens with one attached hydrogen (secondary N) is 1. The lowest BCUT2D eigenvalue weighted by Crippen LogP contribution is -2.30. The fourth-order valence-electron chi connectivity index (χ4n) is 5.86. The van der Waals surface area contributed by atoms with Gasteiger partial charge in [-0.05, 0) is 107 Å². The Balaban J connectivity index is 1.14. The molecule has 0 heterocycles. The average Bonchev–Trinajstić information content (AvgIpc) is 3.10. The van der Waals surface area contributed by atoms with Gasteiger partial charge in [-0.15, -0.1) is 0 Å². The van der Waals surface area contributed by atoms with Crippen LogP contribution < -0.4 is 14.2 Å². The molecule has 10 nitrogen and oxygen atoms in total. The van der Waals surface area contributed by atoms with E-state index in [1.165, 1.54) is 12.1 Å². The number of esters is 4. The minimum Gasteiger partial charge on any atom is -0.494 e. The molecule has 4 rings (SSSR count). The minimum absolute atomic E-state index is 0.105. The molecule has 2 aromatic carbocycles. The van der Waals surface area contributed by atoms with Crippen molar-refractivity contribution in [1.29, 1.82) is 5.41 Å². The van der Waals surface area contributed by atoms with Crippen LogP contribution in [0.15, 0.2) is 55.1 Å². The molecule has 2 saturated carbocycles. The quantitative estimate of drug-likeness (QED) is 0.0661. The van der Waals surface area contributed by atoms with Crippen molar-refractivity contribution in [3.63, 3.8) is 0 Å². The molecule has 0 bridgehead atoms. The Morgan fingerprint density at radius 3 is 1.98 bits per heavy atom. The van der Waals surface area contributed by atoms with Crippen molar-refractivity contribution >= 4 is 30.1 Å². The Bertz CT molecular complexity index is 1370. The molecule has 0 atom stereocenters. The van der Waals surface area contributed by atoms with Crippen LogP contribution in [0, 0.1) is 17.2 Å². The molecule has 0 aromatic heterocycles. The summed E-state index contributed by atoms with van der Waals surface area (Å²) < 4.78 is 27.6. The Labute approximate surface area is 276 Å². The van der Waals surface area contributed by atoms with Gasteiger partial charge in [0.1, 0.15) is 23.4 Å². The van der Waals surface area contributed by atoms with Gasteiger partial charge < -0.3 is 29.1 Å². The van der Waals surface area contributed by atoms with Crippen LogP contribution in [0.25, 0.3) is 0 Å². The molecule has 0 saturated heterocycles. The summed E-state index contributed by atoms with van der Waals surface area (Å²) in [5.74, 6) is -0.486. The summed E-state index contributed by atoms with van der Waals surface area (Å²) >= 11 is 0. The van der Waals surface area contributed by atoms with Gasteiger partial charge in [0.2, 0.25) is 0 Å². The van der Waals surface area contributed by atoms with Gasteiger partial charge >= 0.3 is 23.9 Å². The number of benzene rings is 2. The van der Waals surface area contributed by atoms with Gasteiger partial charge in [-0.2, -0.15) is 0 Å². The van der Waals surface area contributed by atoms with Crippen LogP contribution >= 0.6 is 0 Å². The van der Waals surface area contributed by atoms with Gasteiger partial charge in [0, 0.05) is 17.9 Å². The molecule has 0 unspecified atom stereocenters. The largest absolute Gasteiger partial charge is 0.494 e. The Morgan fingerprint density at radius 2 is 1.32 bits per heavy atom. The number of rotatable bonds is 16. The number of unbranched alkanes of at least 4 members (excludes halogenated alkanes) is 3. The number of carbonyl (C=O) groups is 4. The van der Waals surface area contributed by atoms with E-state index in [9.17, 15) is 19.2 Å². The van der Waals surface area contributed by atoms with Gasteiger partial charge in [-0.25, -0.2) is 9.59 Å². The van der Waals surface area contributed by atoms with E-state index in [0.717, 1.165) is 70.1 Å². The molecule has 2 aliphatic carbocycles. The molecule has 10 heteroatoms. The fourth-order valence-corrected chi connectivity index (χ4v) is 5.86. The summed E-state index contributed by atoms with van der Waals surface area (Å²) in [4.78, 5) is 49.3. The van der Waals surface area contributed by atoms with E-state index in [1.807, 2.05) is 0 Å². The molecule has 0 aliphatic heterocycles. The molecule has 0 spiro atoms.